The first kappa shape index (κ1) is 24.0. The van der Waals surface area contributed by atoms with E-state index in [1.54, 1.807) is 0 Å². The maximum absolute atomic E-state index is 5.37. The van der Waals surface area contributed by atoms with E-state index in [2.05, 4.69) is 6.92 Å². The van der Waals surface area contributed by atoms with E-state index >= 15 is 0 Å². The maximum Gasteiger partial charge on any atom is 0.0701 e. The highest BCUT2D eigenvalue weighted by Crippen LogP contribution is 1.88. The van der Waals surface area contributed by atoms with Crippen LogP contribution in [0.1, 0.15) is 33.6 Å². The van der Waals surface area contributed by atoms with Gasteiger partial charge in [-0.1, -0.05) is 27.2 Å². The van der Waals surface area contributed by atoms with Crippen LogP contribution >= 0.6 is 0 Å². The van der Waals surface area contributed by atoms with E-state index in [0.29, 0.717) is 66.0 Å². The van der Waals surface area contributed by atoms with Crippen molar-refractivity contribution < 1.29 is 23.7 Å². The summed E-state index contributed by atoms with van der Waals surface area (Å²) in [5.74, 6) is 0. The average Bonchev–Trinajstić information content (AvgIpc) is 2.56. The molecule has 0 aliphatic heterocycles. The first-order chi connectivity index (χ1) is 10.9. The minimum atomic E-state index is 0.548. The highest BCUT2D eigenvalue weighted by molar-refractivity contribution is 4.37. The molecular weight excluding hydrogens is 286 g/mol. The Hall–Kier alpha value is -0.240. The van der Waals surface area contributed by atoms with Crippen molar-refractivity contribution >= 4 is 0 Å². The van der Waals surface area contributed by atoms with Gasteiger partial charge in [0.2, 0.25) is 0 Å². The second kappa shape index (κ2) is 25.7. The largest absolute Gasteiger partial charge is 0.379 e. The van der Waals surface area contributed by atoms with E-state index in [0.717, 1.165) is 19.4 Å². The minimum Gasteiger partial charge on any atom is -0.379 e. The van der Waals surface area contributed by atoms with Crippen molar-refractivity contribution in [2.45, 2.75) is 33.6 Å². The standard InChI is InChI=1S/C14H31NO5.C2H6/c1-2-3-5-16-7-9-18-11-13-20-14-12-19-10-8-17-6-4-15;1-2/h2-15H2,1H3;1-2H3. The van der Waals surface area contributed by atoms with Crippen molar-refractivity contribution in [3.05, 3.63) is 0 Å². The first-order valence-electron chi connectivity index (χ1n) is 8.50. The molecule has 0 saturated heterocycles. The molecule has 136 valence electrons. The summed E-state index contributed by atoms with van der Waals surface area (Å²) in [6.45, 7) is 12.9. The summed E-state index contributed by atoms with van der Waals surface area (Å²) in [6.07, 6.45) is 2.27. The lowest BCUT2D eigenvalue weighted by molar-refractivity contribution is -0.0106. The third-order valence-corrected chi connectivity index (χ3v) is 2.39. The fourth-order valence-corrected chi connectivity index (χ4v) is 1.31. The average molecular weight is 323 g/mol. The monoisotopic (exact) mass is 323 g/mol. The Morgan fingerprint density at radius 3 is 1.18 bits per heavy atom. The molecule has 6 heteroatoms. The van der Waals surface area contributed by atoms with Crippen LogP contribution in [0.4, 0.5) is 0 Å². The van der Waals surface area contributed by atoms with E-state index in [1.807, 2.05) is 13.8 Å². The number of hydrogen-bond acceptors (Lipinski definition) is 6. The quantitative estimate of drug-likeness (QED) is 0.412. The summed E-state index contributed by atoms with van der Waals surface area (Å²) in [5.41, 5.74) is 5.28. The number of nitrogens with two attached hydrogens (primary N) is 1. The second-order valence-electron chi connectivity index (χ2n) is 4.20. The van der Waals surface area contributed by atoms with E-state index in [1.165, 1.54) is 0 Å². The van der Waals surface area contributed by atoms with Crippen LogP contribution in [0.2, 0.25) is 0 Å². The zero-order valence-electron chi connectivity index (χ0n) is 14.8. The van der Waals surface area contributed by atoms with Crippen molar-refractivity contribution in [3.63, 3.8) is 0 Å². The van der Waals surface area contributed by atoms with E-state index in [-0.39, 0.29) is 0 Å². The Morgan fingerprint density at radius 1 is 0.545 bits per heavy atom. The minimum absolute atomic E-state index is 0.548. The molecule has 6 nitrogen and oxygen atoms in total. The molecule has 0 unspecified atom stereocenters. The van der Waals surface area contributed by atoms with Gasteiger partial charge in [-0.15, -0.1) is 0 Å². The van der Waals surface area contributed by atoms with Crippen molar-refractivity contribution in [1.82, 2.24) is 0 Å². The topological polar surface area (TPSA) is 72.2 Å². The van der Waals surface area contributed by atoms with Gasteiger partial charge in [-0.25, -0.2) is 0 Å². The molecule has 0 aromatic heterocycles. The van der Waals surface area contributed by atoms with Crippen LogP contribution in [0.25, 0.3) is 0 Å². The summed E-state index contributed by atoms with van der Waals surface area (Å²) in [6, 6.07) is 0. The lowest BCUT2D eigenvalue weighted by Crippen LogP contribution is -2.14. The van der Waals surface area contributed by atoms with Gasteiger partial charge in [-0.05, 0) is 6.42 Å². The molecule has 2 N–H and O–H groups in total. The molecule has 0 heterocycles. The van der Waals surface area contributed by atoms with Crippen LogP contribution < -0.4 is 5.73 Å². The van der Waals surface area contributed by atoms with Gasteiger partial charge < -0.3 is 29.4 Å². The second-order valence-corrected chi connectivity index (χ2v) is 4.20. The molecule has 0 bridgehead atoms. The Bertz CT molecular complexity index is 155. The first-order valence-corrected chi connectivity index (χ1v) is 8.50. The normalized spacial score (nSPS) is 10.4. The van der Waals surface area contributed by atoms with E-state index in [4.69, 9.17) is 29.4 Å². The van der Waals surface area contributed by atoms with Gasteiger partial charge in [0.05, 0.1) is 59.5 Å². The van der Waals surface area contributed by atoms with Gasteiger partial charge in [-0.3, -0.25) is 0 Å². The highest BCUT2D eigenvalue weighted by Gasteiger charge is 1.93. The summed E-state index contributed by atoms with van der Waals surface area (Å²) >= 11 is 0. The predicted octanol–water partition coefficient (Wildman–Crippen LogP) is 1.85. The molecule has 0 spiro atoms. The Labute approximate surface area is 136 Å². The fraction of sp³-hybridized carbons (Fsp3) is 1.00. The highest BCUT2D eigenvalue weighted by atomic mass is 16.6. The van der Waals surface area contributed by atoms with Crippen LogP contribution in [0.15, 0.2) is 0 Å². The van der Waals surface area contributed by atoms with Crippen molar-refractivity contribution in [1.29, 1.82) is 0 Å². The molecule has 0 fully saturated rings. The summed E-state index contributed by atoms with van der Waals surface area (Å²) < 4.78 is 26.6. The van der Waals surface area contributed by atoms with Crippen LogP contribution in [-0.4, -0.2) is 72.6 Å². The molecule has 0 aliphatic carbocycles. The smallest absolute Gasteiger partial charge is 0.0701 e. The van der Waals surface area contributed by atoms with E-state index in [9.17, 15) is 0 Å². The molecule has 22 heavy (non-hydrogen) atoms. The van der Waals surface area contributed by atoms with Crippen molar-refractivity contribution in [3.8, 4) is 0 Å². The zero-order chi connectivity index (χ0) is 16.7. The molecular formula is C16H37NO5. The molecule has 0 aromatic rings. The third-order valence-electron chi connectivity index (χ3n) is 2.39. The molecule has 0 rings (SSSR count). The summed E-state index contributed by atoms with van der Waals surface area (Å²) in [4.78, 5) is 0. The van der Waals surface area contributed by atoms with Crippen LogP contribution in [0.5, 0.6) is 0 Å². The Kier molecular flexibility index (Phi) is 28.1. The lowest BCUT2D eigenvalue weighted by atomic mass is 10.4. The van der Waals surface area contributed by atoms with Gasteiger partial charge >= 0.3 is 0 Å². The molecule has 0 radical (unpaired) electrons. The number of rotatable bonds is 17. The van der Waals surface area contributed by atoms with Gasteiger partial charge in [0.15, 0.2) is 0 Å². The summed E-state index contributed by atoms with van der Waals surface area (Å²) in [7, 11) is 0. The van der Waals surface area contributed by atoms with Gasteiger partial charge in [0.1, 0.15) is 0 Å². The van der Waals surface area contributed by atoms with Gasteiger partial charge in [-0.2, -0.15) is 0 Å². The number of unbranched alkanes of at least 4 members (excludes halogenated alkanes) is 1. The molecule has 0 aromatic carbocycles. The number of hydrogen-bond donors (Lipinski definition) is 1. The maximum atomic E-state index is 5.37. The zero-order valence-corrected chi connectivity index (χ0v) is 14.8. The van der Waals surface area contributed by atoms with Crippen molar-refractivity contribution in [2.24, 2.45) is 5.73 Å². The van der Waals surface area contributed by atoms with Crippen molar-refractivity contribution in [2.75, 3.05) is 72.6 Å². The Balaban J connectivity index is 0. The molecule has 0 atom stereocenters. The molecule has 0 aliphatic rings. The van der Waals surface area contributed by atoms with Crippen LogP contribution in [0.3, 0.4) is 0 Å². The Morgan fingerprint density at radius 2 is 0.864 bits per heavy atom. The molecule has 0 saturated carbocycles. The third kappa shape index (κ3) is 24.8. The SMILES string of the molecule is CC.CCCCOCCOCCOCCOCCOCCN. The fourth-order valence-electron chi connectivity index (χ4n) is 1.31. The van der Waals surface area contributed by atoms with Crippen LogP contribution in [0, 0.1) is 0 Å². The number of ether oxygens (including phenoxy) is 5. The van der Waals surface area contributed by atoms with Gasteiger partial charge in [0.25, 0.3) is 0 Å². The summed E-state index contributed by atoms with van der Waals surface area (Å²) in [5, 5.41) is 0. The van der Waals surface area contributed by atoms with Crippen LogP contribution in [-0.2, 0) is 23.7 Å². The van der Waals surface area contributed by atoms with Gasteiger partial charge in [0, 0.05) is 13.2 Å². The predicted molar refractivity (Wildman–Crippen MR) is 89.4 cm³/mol. The van der Waals surface area contributed by atoms with E-state index < -0.39 is 0 Å². The molecule has 0 amide bonds. The lowest BCUT2D eigenvalue weighted by Gasteiger charge is -2.07.